The molecule has 1 amide bonds. The number of hydrogen-bond acceptors (Lipinski definition) is 4. The molecule has 1 atom stereocenters. The van der Waals surface area contributed by atoms with Crippen LogP contribution in [0.1, 0.15) is 40.1 Å². The van der Waals surface area contributed by atoms with Gasteiger partial charge in [0.1, 0.15) is 5.01 Å². The molecule has 19 heavy (non-hydrogen) atoms. The molecule has 0 spiro atoms. The van der Waals surface area contributed by atoms with Crippen LogP contribution in [0.2, 0.25) is 0 Å². The Balaban J connectivity index is 2.04. The maximum Gasteiger partial charge on any atom is 0.253 e. The highest BCUT2D eigenvalue weighted by Crippen LogP contribution is 2.20. The second-order valence-electron chi connectivity index (χ2n) is 4.08. The molecule has 0 saturated carbocycles. The van der Waals surface area contributed by atoms with E-state index >= 15 is 0 Å². The Kier molecular flexibility index (Phi) is 4.21. The fourth-order valence-electron chi connectivity index (χ4n) is 1.54. The summed E-state index contributed by atoms with van der Waals surface area (Å²) in [4.78, 5) is 20.8. The number of carbonyl (C=O) groups excluding carboxylic acids is 1. The number of aryl methyl sites for hydroxylation is 1. The van der Waals surface area contributed by atoms with Crippen molar-refractivity contribution in [3.8, 4) is 0 Å². The molecule has 0 aliphatic heterocycles. The van der Waals surface area contributed by atoms with Crippen molar-refractivity contribution in [2.45, 2.75) is 26.3 Å². The quantitative estimate of drug-likeness (QED) is 0.875. The van der Waals surface area contributed by atoms with E-state index in [2.05, 4.69) is 22.2 Å². The molecule has 2 aromatic rings. The Morgan fingerprint density at radius 3 is 2.79 bits per heavy atom. The van der Waals surface area contributed by atoms with Crippen molar-refractivity contribution < 1.29 is 9.18 Å². The van der Waals surface area contributed by atoms with E-state index in [1.807, 2.05) is 13.1 Å². The molecule has 0 aliphatic carbocycles. The van der Waals surface area contributed by atoms with Crippen LogP contribution in [0.4, 0.5) is 4.39 Å². The molecule has 0 aromatic carbocycles. The monoisotopic (exact) mass is 279 g/mol. The molecule has 0 fully saturated rings. The summed E-state index contributed by atoms with van der Waals surface area (Å²) in [6, 6.07) is 2.39. The zero-order chi connectivity index (χ0) is 13.8. The van der Waals surface area contributed by atoms with Crippen LogP contribution in [0.5, 0.6) is 0 Å². The highest BCUT2D eigenvalue weighted by Gasteiger charge is 2.14. The molecule has 2 heterocycles. The molecule has 0 saturated heterocycles. The number of nitrogens with one attached hydrogen (secondary N) is 1. The number of halogens is 1. The Morgan fingerprint density at radius 2 is 2.21 bits per heavy atom. The third-order valence-electron chi connectivity index (χ3n) is 2.63. The maximum atomic E-state index is 12.7. The van der Waals surface area contributed by atoms with Crippen molar-refractivity contribution in [2.75, 3.05) is 0 Å². The van der Waals surface area contributed by atoms with Gasteiger partial charge in [-0.3, -0.25) is 4.79 Å². The number of amides is 1. The smallest absolute Gasteiger partial charge is 0.253 e. The van der Waals surface area contributed by atoms with Crippen molar-refractivity contribution >= 4 is 17.2 Å². The summed E-state index contributed by atoms with van der Waals surface area (Å²) in [6.07, 6.45) is 3.97. The van der Waals surface area contributed by atoms with Gasteiger partial charge in [-0.15, -0.1) is 11.3 Å². The molecular formula is C13H14FN3OS. The number of nitrogens with zero attached hydrogens (tertiary/aromatic N) is 2. The number of thiazole rings is 1. The largest absolute Gasteiger partial charge is 0.343 e. The average molecular weight is 279 g/mol. The van der Waals surface area contributed by atoms with E-state index in [0.717, 1.165) is 17.5 Å². The predicted molar refractivity (Wildman–Crippen MR) is 71.6 cm³/mol. The van der Waals surface area contributed by atoms with Gasteiger partial charge in [0.05, 0.1) is 11.6 Å². The lowest BCUT2D eigenvalue weighted by molar-refractivity contribution is 0.0939. The van der Waals surface area contributed by atoms with E-state index in [-0.39, 0.29) is 11.9 Å². The molecule has 1 N–H and O–H groups in total. The van der Waals surface area contributed by atoms with Crippen molar-refractivity contribution in [2.24, 2.45) is 0 Å². The predicted octanol–water partition coefficient (Wildman–Crippen LogP) is 2.73. The molecular weight excluding hydrogens is 265 g/mol. The second kappa shape index (κ2) is 5.88. The normalized spacial score (nSPS) is 12.2. The van der Waals surface area contributed by atoms with E-state index in [4.69, 9.17) is 0 Å². The van der Waals surface area contributed by atoms with Gasteiger partial charge in [0.2, 0.25) is 5.95 Å². The first kappa shape index (κ1) is 13.6. The van der Waals surface area contributed by atoms with E-state index in [1.54, 1.807) is 11.3 Å². The van der Waals surface area contributed by atoms with E-state index in [1.165, 1.54) is 17.1 Å². The molecule has 0 radical (unpaired) electrons. The summed E-state index contributed by atoms with van der Waals surface area (Å²) >= 11 is 1.58. The van der Waals surface area contributed by atoms with Crippen LogP contribution in [0.15, 0.2) is 24.5 Å². The van der Waals surface area contributed by atoms with Gasteiger partial charge in [0, 0.05) is 17.3 Å². The highest BCUT2D eigenvalue weighted by molar-refractivity contribution is 7.11. The summed E-state index contributed by atoms with van der Waals surface area (Å²) in [5.74, 6) is -0.884. The van der Waals surface area contributed by atoms with Gasteiger partial charge in [-0.05, 0) is 25.5 Å². The Hall–Kier alpha value is -1.82. The standard InChI is InChI=1S/C13H14FN3OS/c1-3-10-7-16-13(19-10)8(2)17-12(18)9-4-5-11(14)15-6-9/h4-8H,3H2,1-2H3,(H,17,18). The zero-order valence-corrected chi connectivity index (χ0v) is 11.5. The highest BCUT2D eigenvalue weighted by atomic mass is 32.1. The summed E-state index contributed by atoms with van der Waals surface area (Å²) in [5, 5.41) is 3.68. The molecule has 0 aliphatic rings. The van der Waals surface area contributed by atoms with Gasteiger partial charge in [-0.2, -0.15) is 4.39 Å². The molecule has 2 aromatic heterocycles. The van der Waals surface area contributed by atoms with Gasteiger partial charge in [0.15, 0.2) is 0 Å². The van der Waals surface area contributed by atoms with Crippen LogP contribution >= 0.6 is 11.3 Å². The van der Waals surface area contributed by atoms with Gasteiger partial charge in [0.25, 0.3) is 5.91 Å². The minimum Gasteiger partial charge on any atom is -0.343 e. The molecule has 1 unspecified atom stereocenters. The lowest BCUT2D eigenvalue weighted by atomic mass is 10.2. The van der Waals surface area contributed by atoms with Crippen molar-refractivity contribution in [1.82, 2.24) is 15.3 Å². The van der Waals surface area contributed by atoms with Crippen molar-refractivity contribution in [3.63, 3.8) is 0 Å². The van der Waals surface area contributed by atoms with Gasteiger partial charge in [-0.1, -0.05) is 6.92 Å². The van der Waals surface area contributed by atoms with Crippen LogP contribution < -0.4 is 5.32 Å². The lowest BCUT2D eigenvalue weighted by Gasteiger charge is -2.10. The number of hydrogen-bond donors (Lipinski definition) is 1. The number of rotatable bonds is 4. The summed E-state index contributed by atoms with van der Waals surface area (Å²) in [6.45, 7) is 3.93. The maximum absolute atomic E-state index is 12.7. The summed E-state index contributed by atoms with van der Waals surface area (Å²) < 4.78 is 12.7. The molecule has 4 nitrogen and oxygen atoms in total. The second-order valence-corrected chi connectivity index (χ2v) is 5.23. The number of carbonyl (C=O) groups is 1. The number of aromatic nitrogens is 2. The van der Waals surface area contributed by atoms with Crippen LogP contribution in [0, 0.1) is 5.95 Å². The van der Waals surface area contributed by atoms with Crippen LogP contribution in [-0.4, -0.2) is 15.9 Å². The van der Waals surface area contributed by atoms with Crippen LogP contribution in [-0.2, 0) is 6.42 Å². The third-order valence-corrected chi connectivity index (χ3v) is 3.95. The van der Waals surface area contributed by atoms with E-state index in [0.29, 0.717) is 5.56 Å². The molecule has 100 valence electrons. The van der Waals surface area contributed by atoms with Crippen molar-refractivity contribution in [1.29, 1.82) is 0 Å². The summed E-state index contributed by atoms with van der Waals surface area (Å²) in [5.41, 5.74) is 0.334. The first-order chi connectivity index (χ1) is 9.10. The van der Waals surface area contributed by atoms with Gasteiger partial charge >= 0.3 is 0 Å². The average Bonchev–Trinajstić information content (AvgIpc) is 2.88. The third kappa shape index (κ3) is 3.35. The van der Waals surface area contributed by atoms with E-state index in [9.17, 15) is 9.18 Å². The first-order valence-electron chi connectivity index (χ1n) is 5.97. The fraction of sp³-hybridized carbons (Fsp3) is 0.308. The fourth-order valence-corrected chi connectivity index (χ4v) is 2.40. The van der Waals surface area contributed by atoms with Crippen LogP contribution in [0.25, 0.3) is 0 Å². The summed E-state index contributed by atoms with van der Waals surface area (Å²) in [7, 11) is 0. The molecule has 0 bridgehead atoms. The topological polar surface area (TPSA) is 54.9 Å². The minimum absolute atomic E-state index is 0.178. The Bertz CT molecular complexity index is 568. The Labute approximate surface area is 114 Å². The number of pyridine rings is 1. The van der Waals surface area contributed by atoms with Crippen LogP contribution in [0.3, 0.4) is 0 Å². The van der Waals surface area contributed by atoms with E-state index < -0.39 is 5.95 Å². The minimum atomic E-state index is -0.600. The SMILES string of the molecule is CCc1cnc(C(C)NC(=O)c2ccc(F)nc2)s1. The van der Waals surface area contributed by atoms with Crippen molar-refractivity contribution in [3.05, 3.63) is 45.9 Å². The van der Waals surface area contributed by atoms with Gasteiger partial charge < -0.3 is 5.32 Å². The Morgan fingerprint density at radius 1 is 1.42 bits per heavy atom. The molecule has 6 heteroatoms. The zero-order valence-electron chi connectivity index (χ0n) is 10.7. The van der Waals surface area contributed by atoms with Gasteiger partial charge in [-0.25, -0.2) is 9.97 Å². The lowest BCUT2D eigenvalue weighted by Crippen LogP contribution is -2.26. The molecule has 2 rings (SSSR count). The first-order valence-corrected chi connectivity index (χ1v) is 6.78.